The molecule has 0 unspecified atom stereocenters. The Hall–Kier alpha value is -2.80. The first-order valence-electron chi connectivity index (χ1n) is 8.12. The lowest BCUT2D eigenvalue weighted by Crippen LogP contribution is -2.28. The van der Waals surface area contributed by atoms with Crippen LogP contribution in [0.1, 0.15) is 32.8 Å². The van der Waals surface area contributed by atoms with Gasteiger partial charge in [0, 0.05) is 37.2 Å². The van der Waals surface area contributed by atoms with Gasteiger partial charge in [0.1, 0.15) is 5.69 Å². The summed E-state index contributed by atoms with van der Waals surface area (Å²) < 4.78 is 0. The Bertz CT molecular complexity index is 704. The molecule has 7 heteroatoms. The van der Waals surface area contributed by atoms with Crippen LogP contribution in [-0.4, -0.2) is 53.9 Å². The van der Waals surface area contributed by atoms with Crippen LogP contribution < -0.4 is 10.6 Å². The normalized spacial score (nSPS) is 10.5. The van der Waals surface area contributed by atoms with Gasteiger partial charge in [0.2, 0.25) is 0 Å². The Kier molecular flexibility index (Phi) is 7.03. The molecule has 0 fully saturated rings. The maximum atomic E-state index is 12.2. The van der Waals surface area contributed by atoms with Gasteiger partial charge in [-0.2, -0.15) is 0 Å². The molecule has 2 rings (SSSR count). The highest BCUT2D eigenvalue weighted by molar-refractivity contribution is 5.98. The van der Waals surface area contributed by atoms with E-state index in [0.717, 1.165) is 18.5 Å². The lowest BCUT2D eigenvalue weighted by molar-refractivity contribution is 0.0946. The van der Waals surface area contributed by atoms with E-state index in [1.807, 2.05) is 26.2 Å². The molecule has 0 radical (unpaired) electrons. The fraction of sp³-hybridized carbons (Fsp3) is 0.333. The quantitative estimate of drug-likeness (QED) is 0.702. The summed E-state index contributed by atoms with van der Waals surface area (Å²) in [6.07, 6.45) is 5.67. The average molecular weight is 341 g/mol. The summed E-state index contributed by atoms with van der Waals surface area (Å²) in [5, 5.41) is 5.63. The molecule has 0 aromatic carbocycles. The minimum Gasteiger partial charge on any atom is -0.352 e. The van der Waals surface area contributed by atoms with Crippen molar-refractivity contribution in [1.82, 2.24) is 25.5 Å². The molecule has 0 spiro atoms. The number of nitrogens with zero attached hydrogens (tertiary/aromatic N) is 3. The summed E-state index contributed by atoms with van der Waals surface area (Å²) in [6.45, 7) is 1.87. The largest absolute Gasteiger partial charge is 0.352 e. The zero-order valence-electron chi connectivity index (χ0n) is 14.5. The van der Waals surface area contributed by atoms with E-state index in [1.54, 1.807) is 18.5 Å². The average Bonchev–Trinajstić information content (AvgIpc) is 2.64. The Morgan fingerprint density at radius 3 is 2.52 bits per heavy atom. The van der Waals surface area contributed by atoms with Crippen molar-refractivity contribution in [2.24, 2.45) is 0 Å². The van der Waals surface area contributed by atoms with Gasteiger partial charge in [-0.3, -0.25) is 19.6 Å². The number of hydrogen-bond donors (Lipinski definition) is 2. The van der Waals surface area contributed by atoms with Crippen molar-refractivity contribution in [1.29, 1.82) is 0 Å². The van der Waals surface area contributed by atoms with Crippen molar-refractivity contribution in [2.75, 3.05) is 27.2 Å². The van der Waals surface area contributed by atoms with E-state index < -0.39 is 0 Å². The van der Waals surface area contributed by atoms with Crippen molar-refractivity contribution in [3.05, 3.63) is 59.7 Å². The zero-order valence-corrected chi connectivity index (χ0v) is 14.5. The molecule has 0 aliphatic heterocycles. The van der Waals surface area contributed by atoms with Crippen LogP contribution in [0.2, 0.25) is 0 Å². The maximum Gasteiger partial charge on any atom is 0.270 e. The van der Waals surface area contributed by atoms with Gasteiger partial charge in [-0.25, -0.2) is 0 Å². The second-order valence-electron chi connectivity index (χ2n) is 5.88. The van der Waals surface area contributed by atoms with Gasteiger partial charge in [-0.05, 0) is 56.9 Å². The van der Waals surface area contributed by atoms with Crippen molar-refractivity contribution in [2.45, 2.75) is 13.0 Å². The van der Waals surface area contributed by atoms with E-state index in [-0.39, 0.29) is 17.5 Å². The minimum absolute atomic E-state index is 0.204. The van der Waals surface area contributed by atoms with Crippen LogP contribution in [0, 0.1) is 0 Å². The third kappa shape index (κ3) is 6.31. The molecule has 7 nitrogen and oxygen atoms in total. The molecule has 2 heterocycles. The Balaban J connectivity index is 1.88. The summed E-state index contributed by atoms with van der Waals surface area (Å²) >= 11 is 0. The molecule has 0 saturated carbocycles. The van der Waals surface area contributed by atoms with Crippen LogP contribution in [0.25, 0.3) is 0 Å². The number of carbonyl (C=O) groups is 2. The predicted molar refractivity (Wildman–Crippen MR) is 95.1 cm³/mol. The predicted octanol–water partition coefficient (Wildman–Crippen LogP) is 1.09. The third-order valence-corrected chi connectivity index (χ3v) is 3.52. The summed E-state index contributed by atoms with van der Waals surface area (Å²) in [7, 11) is 3.98. The van der Waals surface area contributed by atoms with E-state index in [1.165, 1.54) is 12.3 Å². The van der Waals surface area contributed by atoms with Crippen LogP contribution >= 0.6 is 0 Å². The molecule has 0 saturated heterocycles. The van der Waals surface area contributed by atoms with Crippen LogP contribution in [0.3, 0.4) is 0 Å². The van der Waals surface area contributed by atoms with Gasteiger partial charge in [0.25, 0.3) is 11.8 Å². The summed E-state index contributed by atoms with van der Waals surface area (Å²) in [6, 6.07) is 6.75. The standard InChI is InChI=1S/C18H23N5O2/c1-23(2)11-3-7-21-17(24)15-6-10-20-16(12-15)18(25)22-13-14-4-8-19-9-5-14/h4-6,8-10,12H,3,7,11,13H2,1-2H3,(H,21,24)(H,22,25). The van der Waals surface area contributed by atoms with Crippen LogP contribution in [-0.2, 0) is 6.54 Å². The van der Waals surface area contributed by atoms with Crippen LogP contribution in [0.15, 0.2) is 42.9 Å². The molecule has 2 aromatic heterocycles. The molecule has 2 N–H and O–H groups in total. The number of aromatic nitrogens is 2. The Morgan fingerprint density at radius 2 is 1.80 bits per heavy atom. The number of carbonyl (C=O) groups excluding carboxylic acids is 2. The SMILES string of the molecule is CN(C)CCCNC(=O)c1ccnc(C(=O)NCc2ccncc2)c1. The number of pyridine rings is 2. The molecule has 0 bridgehead atoms. The molecule has 25 heavy (non-hydrogen) atoms. The number of rotatable bonds is 8. The topological polar surface area (TPSA) is 87.2 Å². The minimum atomic E-state index is -0.320. The van der Waals surface area contributed by atoms with Crippen molar-refractivity contribution >= 4 is 11.8 Å². The monoisotopic (exact) mass is 341 g/mol. The van der Waals surface area contributed by atoms with E-state index in [4.69, 9.17) is 0 Å². The first-order chi connectivity index (χ1) is 12.1. The van der Waals surface area contributed by atoms with Gasteiger partial charge in [0.05, 0.1) is 0 Å². The van der Waals surface area contributed by atoms with Crippen LogP contribution in [0.5, 0.6) is 0 Å². The second-order valence-corrected chi connectivity index (χ2v) is 5.88. The highest BCUT2D eigenvalue weighted by Gasteiger charge is 2.11. The fourth-order valence-corrected chi connectivity index (χ4v) is 2.17. The molecule has 0 aliphatic rings. The fourth-order valence-electron chi connectivity index (χ4n) is 2.17. The van der Waals surface area contributed by atoms with Gasteiger partial charge < -0.3 is 15.5 Å². The molecule has 2 amide bonds. The third-order valence-electron chi connectivity index (χ3n) is 3.52. The molecule has 2 aromatic rings. The lowest BCUT2D eigenvalue weighted by atomic mass is 10.2. The van der Waals surface area contributed by atoms with Gasteiger partial charge in [0.15, 0.2) is 0 Å². The smallest absolute Gasteiger partial charge is 0.270 e. The highest BCUT2D eigenvalue weighted by Crippen LogP contribution is 2.03. The van der Waals surface area contributed by atoms with Crippen LogP contribution in [0.4, 0.5) is 0 Å². The summed E-state index contributed by atoms with van der Waals surface area (Å²) in [5.74, 6) is -0.525. The molecule has 0 aliphatic carbocycles. The molecule has 132 valence electrons. The number of hydrogen-bond acceptors (Lipinski definition) is 5. The highest BCUT2D eigenvalue weighted by atomic mass is 16.2. The summed E-state index contributed by atoms with van der Waals surface area (Å²) in [5.41, 5.74) is 1.59. The number of amides is 2. The van der Waals surface area contributed by atoms with Crippen molar-refractivity contribution in [3.63, 3.8) is 0 Å². The Labute approximate surface area is 147 Å². The maximum absolute atomic E-state index is 12.2. The van der Waals surface area contributed by atoms with Gasteiger partial charge in [-0.15, -0.1) is 0 Å². The van der Waals surface area contributed by atoms with Gasteiger partial charge >= 0.3 is 0 Å². The molecule has 0 atom stereocenters. The molecular weight excluding hydrogens is 318 g/mol. The zero-order chi connectivity index (χ0) is 18.1. The van der Waals surface area contributed by atoms with Gasteiger partial charge in [-0.1, -0.05) is 0 Å². The van der Waals surface area contributed by atoms with Crippen molar-refractivity contribution < 1.29 is 9.59 Å². The van der Waals surface area contributed by atoms with E-state index in [2.05, 4.69) is 25.5 Å². The van der Waals surface area contributed by atoms with E-state index in [9.17, 15) is 9.59 Å². The summed E-state index contributed by atoms with van der Waals surface area (Å²) in [4.78, 5) is 34.4. The molecular formula is C18H23N5O2. The Morgan fingerprint density at radius 1 is 1.04 bits per heavy atom. The number of nitrogens with one attached hydrogen (secondary N) is 2. The van der Waals surface area contributed by atoms with E-state index >= 15 is 0 Å². The van der Waals surface area contributed by atoms with E-state index in [0.29, 0.717) is 18.7 Å². The van der Waals surface area contributed by atoms with Crippen molar-refractivity contribution in [3.8, 4) is 0 Å². The first kappa shape index (κ1) is 18.5. The second kappa shape index (κ2) is 9.48. The lowest BCUT2D eigenvalue weighted by Gasteiger charge is -2.10. The first-order valence-corrected chi connectivity index (χ1v) is 8.12.